The highest BCUT2D eigenvalue weighted by atomic mass is 35.5. The topological polar surface area (TPSA) is 29.5 Å². The molecule has 0 N–H and O–H groups in total. The van der Waals surface area contributed by atoms with E-state index in [0.29, 0.717) is 12.1 Å². The van der Waals surface area contributed by atoms with E-state index in [2.05, 4.69) is 11.9 Å². The summed E-state index contributed by atoms with van der Waals surface area (Å²) in [6.45, 7) is 0. The fourth-order valence-electron chi connectivity index (χ4n) is 2.59. The summed E-state index contributed by atoms with van der Waals surface area (Å²) < 4.78 is 5.02. The van der Waals surface area contributed by atoms with Gasteiger partial charge in [-0.05, 0) is 19.9 Å². The van der Waals surface area contributed by atoms with Gasteiger partial charge >= 0.3 is 5.43 Å². The Labute approximate surface area is 83.0 Å². The molecule has 0 spiro atoms. The van der Waals surface area contributed by atoms with Crippen molar-refractivity contribution in [2.75, 3.05) is 7.05 Å². The van der Waals surface area contributed by atoms with Crippen molar-refractivity contribution in [3.8, 4) is 0 Å². The van der Waals surface area contributed by atoms with Gasteiger partial charge in [0.25, 0.3) is 0 Å². The molecular weight excluding hydrogens is 190 g/mol. The largest absolute Gasteiger partial charge is 0.450 e. The van der Waals surface area contributed by atoms with Crippen molar-refractivity contribution in [1.29, 1.82) is 0 Å². The molecule has 0 aromatic rings. The van der Waals surface area contributed by atoms with E-state index in [1.54, 1.807) is 0 Å². The number of halogens is 1. The van der Waals surface area contributed by atoms with Crippen LogP contribution in [0.4, 0.5) is 4.79 Å². The molecule has 0 amide bonds. The van der Waals surface area contributed by atoms with Crippen LogP contribution in [0, 0.1) is 0 Å². The highest BCUT2D eigenvalue weighted by Gasteiger charge is 2.39. The van der Waals surface area contributed by atoms with Crippen LogP contribution in [0.3, 0.4) is 0 Å². The second kappa shape index (κ2) is 3.46. The predicted octanol–water partition coefficient (Wildman–Crippen LogP) is 1.99. The zero-order valence-electron chi connectivity index (χ0n) is 7.70. The lowest BCUT2D eigenvalue weighted by Gasteiger charge is -2.35. The Morgan fingerprint density at radius 2 is 1.92 bits per heavy atom. The minimum Gasteiger partial charge on any atom is -0.450 e. The van der Waals surface area contributed by atoms with Gasteiger partial charge in [-0.1, -0.05) is 0 Å². The monoisotopic (exact) mass is 203 g/mol. The Bertz CT molecular complexity index is 208. The molecule has 0 aromatic carbocycles. The van der Waals surface area contributed by atoms with Gasteiger partial charge in [0.05, 0.1) is 0 Å². The lowest BCUT2D eigenvalue weighted by Crippen LogP contribution is -2.43. The average Bonchev–Trinajstić information content (AvgIpc) is 2.33. The third kappa shape index (κ3) is 1.81. The van der Waals surface area contributed by atoms with Crippen molar-refractivity contribution in [2.24, 2.45) is 0 Å². The molecule has 74 valence electrons. The lowest BCUT2D eigenvalue weighted by atomic mass is 10.0. The molecule has 0 saturated carbocycles. The average molecular weight is 204 g/mol. The van der Waals surface area contributed by atoms with Crippen LogP contribution in [-0.4, -0.2) is 35.6 Å². The predicted molar refractivity (Wildman–Crippen MR) is 49.9 cm³/mol. The molecule has 2 heterocycles. The van der Waals surface area contributed by atoms with Crippen molar-refractivity contribution in [3.05, 3.63) is 0 Å². The summed E-state index contributed by atoms with van der Waals surface area (Å²) in [7, 11) is 2.15. The summed E-state index contributed by atoms with van der Waals surface area (Å²) >= 11 is 5.19. The molecule has 0 aromatic heterocycles. The second-order valence-electron chi connectivity index (χ2n) is 4.00. The number of carbonyl (C=O) groups excluding carboxylic acids is 1. The maximum absolute atomic E-state index is 10.6. The molecule has 4 heteroatoms. The van der Waals surface area contributed by atoms with Gasteiger partial charge in [0, 0.05) is 36.5 Å². The summed E-state index contributed by atoms with van der Waals surface area (Å²) in [6.07, 6.45) is 4.42. The van der Waals surface area contributed by atoms with Gasteiger partial charge < -0.3 is 9.64 Å². The van der Waals surface area contributed by atoms with Gasteiger partial charge in [0.2, 0.25) is 0 Å². The molecule has 1 unspecified atom stereocenters. The summed E-state index contributed by atoms with van der Waals surface area (Å²) in [5, 5.41) is 0. The highest BCUT2D eigenvalue weighted by molar-refractivity contribution is 6.61. The first kappa shape index (κ1) is 9.28. The molecule has 2 aliphatic rings. The Balaban J connectivity index is 1.95. The summed E-state index contributed by atoms with van der Waals surface area (Å²) in [4.78, 5) is 13.0. The Morgan fingerprint density at radius 3 is 2.38 bits per heavy atom. The zero-order valence-corrected chi connectivity index (χ0v) is 8.46. The normalized spacial score (nSPS) is 39.1. The maximum Gasteiger partial charge on any atom is 0.404 e. The minimum absolute atomic E-state index is 0.0544. The molecule has 2 bridgehead atoms. The number of carbonyl (C=O) groups is 1. The highest BCUT2D eigenvalue weighted by Crippen LogP contribution is 2.35. The van der Waals surface area contributed by atoms with E-state index < -0.39 is 5.43 Å². The van der Waals surface area contributed by atoms with Crippen LogP contribution in [-0.2, 0) is 4.74 Å². The Kier molecular flexibility index (Phi) is 2.47. The fraction of sp³-hybridized carbons (Fsp3) is 0.889. The van der Waals surface area contributed by atoms with Crippen molar-refractivity contribution >= 4 is 17.0 Å². The van der Waals surface area contributed by atoms with E-state index in [4.69, 9.17) is 16.3 Å². The summed E-state index contributed by atoms with van der Waals surface area (Å²) in [5.41, 5.74) is -0.658. The maximum atomic E-state index is 10.6. The molecule has 2 aliphatic heterocycles. The van der Waals surface area contributed by atoms with Crippen molar-refractivity contribution in [2.45, 2.75) is 43.9 Å². The van der Waals surface area contributed by atoms with E-state index >= 15 is 0 Å². The third-order valence-electron chi connectivity index (χ3n) is 3.31. The second-order valence-corrected chi connectivity index (χ2v) is 4.31. The molecule has 3 nitrogen and oxygen atoms in total. The van der Waals surface area contributed by atoms with Crippen molar-refractivity contribution in [3.63, 3.8) is 0 Å². The van der Waals surface area contributed by atoms with Crippen LogP contribution >= 0.6 is 11.6 Å². The molecule has 0 radical (unpaired) electrons. The Hall–Kier alpha value is -0.280. The number of ether oxygens (including phenoxy) is 1. The minimum atomic E-state index is -0.658. The smallest absolute Gasteiger partial charge is 0.404 e. The van der Waals surface area contributed by atoms with E-state index in [0.717, 1.165) is 12.8 Å². The van der Waals surface area contributed by atoms with Crippen LogP contribution in [0.15, 0.2) is 0 Å². The number of hydrogen-bond donors (Lipinski definition) is 0. The molecule has 2 rings (SSSR count). The fourth-order valence-corrected chi connectivity index (χ4v) is 2.71. The third-order valence-corrected chi connectivity index (χ3v) is 3.40. The van der Waals surface area contributed by atoms with Gasteiger partial charge in [-0.15, -0.1) is 0 Å². The lowest BCUT2D eigenvalue weighted by molar-refractivity contribution is 0.0399. The molecule has 13 heavy (non-hydrogen) atoms. The van der Waals surface area contributed by atoms with Crippen LogP contribution in [0.25, 0.3) is 0 Å². The standard InChI is InChI=1S/C9H14ClNO2/c1-11-6-2-3-7(11)5-8(4-6)13-9(10)12/h6-8H,2-5H2,1H3/t6-,7+,8?. The van der Waals surface area contributed by atoms with Gasteiger partial charge in [-0.2, -0.15) is 0 Å². The van der Waals surface area contributed by atoms with Gasteiger partial charge in [-0.25, -0.2) is 4.79 Å². The van der Waals surface area contributed by atoms with Gasteiger partial charge in [0.1, 0.15) is 6.10 Å². The van der Waals surface area contributed by atoms with Crippen molar-refractivity contribution in [1.82, 2.24) is 4.90 Å². The van der Waals surface area contributed by atoms with Crippen LogP contribution in [0.1, 0.15) is 25.7 Å². The number of piperidine rings is 1. The van der Waals surface area contributed by atoms with Crippen LogP contribution in [0.5, 0.6) is 0 Å². The number of fused-ring (bicyclic) bond motifs is 2. The number of nitrogens with zero attached hydrogens (tertiary/aromatic N) is 1. The first-order valence-corrected chi connectivity index (χ1v) is 5.12. The molecule has 3 atom stereocenters. The molecule has 2 saturated heterocycles. The number of rotatable bonds is 1. The van der Waals surface area contributed by atoms with E-state index in [1.807, 2.05) is 0 Å². The number of hydrogen-bond acceptors (Lipinski definition) is 3. The van der Waals surface area contributed by atoms with Crippen LogP contribution in [0.2, 0.25) is 0 Å². The van der Waals surface area contributed by atoms with Crippen molar-refractivity contribution < 1.29 is 9.53 Å². The molecule has 0 aliphatic carbocycles. The summed E-state index contributed by atoms with van der Waals surface area (Å²) in [6, 6.07) is 1.19. The first-order valence-electron chi connectivity index (χ1n) is 4.75. The van der Waals surface area contributed by atoms with Gasteiger partial charge in [0.15, 0.2) is 0 Å². The SMILES string of the molecule is CN1[C@@H]2CC[C@H]1CC(OC(=O)Cl)C2. The summed E-state index contributed by atoms with van der Waals surface area (Å²) in [5.74, 6) is 0. The van der Waals surface area contributed by atoms with Gasteiger partial charge in [-0.3, -0.25) is 0 Å². The first-order chi connectivity index (χ1) is 6.16. The zero-order chi connectivity index (χ0) is 9.42. The van der Waals surface area contributed by atoms with Crippen LogP contribution < -0.4 is 0 Å². The molecular formula is C9H14ClNO2. The van der Waals surface area contributed by atoms with E-state index in [9.17, 15) is 4.79 Å². The quantitative estimate of drug-likeness (QED) is 0.611. The molecule has 2 fully saturated rings. The van der Waals surface area contributed by atoms with E-state index in [-0.39, 0.29) is 6.10 Å². The van der Waals surface area contributed by atoms with E-state index in [1.165, 1.54) is 12.8 Å². The Morgan fingerprint density at radius 1 is 1.38 bits per heavy atom.